The molecule has 1 aromatic carbocycles. The molecule has 18 heavy (non-hydrogen) atoms. The van der Waals surface area contributed by atoms with Crippen LogP contribution in [0, 0.1) is 5.82 Å². The highest BCUT2D eigenvalue weighted by molar-refractivity contribution is 6.31. The average Bonchev–Trinajstić information content (AvgIpc) is 2.38. The van der Waals surface area contributed by atoms with E-state index < -0.39 is 0 Å². The Labute approximate surface area is 112 Å². The highest BCUT2D eigenvalue weighted by atomic mass is 35.5. The van der Waals surface area contributed by atoms with Crippen molar-refractivity contribution in [1.29, 1.82) is 0 Å². The van der Waals surface area contributed by atoms with Crippen molar-refractivity contribution in [3.8, 4) is 0 Å². The predicted molar refractivity (Wildman–Crippen MR) is 71.3 cm³/mol. The van der Waals surface area contributed by atoms with E-state index in [1.165, 1.54) is 31.4 Å². The zero-order chi connectivity index (χ0) is 12.8. The van der Waals surface area contributed by atoms with Crippen LogP contribution in [0.1, 0.15) is 31.2 Å². The number of hydrogen-bond donors (Lipinski definition) is 1. The first kappa shape index (κ1) is 13.8. The minimum Gasteiger partial charge on any atom is -0.377 e. The molecule has 2 rings (SSSR count). The highest BCUT2D eigenvalue weighted by Gasteiger charge is 2.11. The van der Waals surface area contributed by atoms with E-state index in [2.05, 4.69) is 5.32 Å². The molecule has 0 spiro atoms. The number of piperidine rings is 1. The molecule has 1 fully saturated rings. The molecule has 0 bridgehead atoms. The van der Waals surface area contributed by atoms with E-state index in [1.807, 2.05) is 0 Å². The molecule has 0 saturated carbocycles. The maximum Gasteiger partial charge on any atom is 0.124 e. The van der Waals surface area contributed by atoms with Crippen LogP contribution < -0.4 is 5.32 Å². The Morgan fingerprint density at radius 3 is 3.00 bits per heavy atom. The molecule has 1 atom stereocenters. The van der Waals surface area contributed by atoms with Crippen LogP contribution in [0.25, 0.3) is 0 Å². The lowest BCUT2D eigenvalue weighted by molar-refractivity contribution is 0.108. The normalized spacial score (nSPS) is 20.0. The fourth-order valence-corrected chi connectivity index (χ4v) is 2.44. The molecule has 0 amide bonds. The summed E-state index contributed by atoms with van der Waals surface area (Å²) in [7, 11) is 0. The molecule has 4 heteroatoms. The smallest absolute Gasteiger partial charge is 0.124 e. The Balaban J connectivity index is 1.68. The fourth-order valence-electron chi connectivity index (χ4n) is 2.22. The van der Waals surface area contributed by atoms with Crippen LogP contribution in [-0.2, 0) is 11.3 Å². The van der Waals surface area contributed by atoms with Crippen molar-refractivity contribution in [3.05, 3.63) is 34.6 Å². The van der Waals surface area contributed by atoms with E-state index in [9.17, 15) is 4.39 Å². The number of hydrogen-bond acceptors (Lipinski definition) is 2. The van der Waals surface area contributed by atoms with Gasteiger partial charge in [0.05, 0.1) is 6.61 Å². The largest absolute Gasteiger partial charge is 0.377 e. The molecule has 1 aromatic rings. The van der Waals surface area contributed by atoms with Crippen molar-refractivity contribution >= 4 is 11.6 Å². The summed E-state index contributed by atoms with van der Waals surface area (Å²) in [6, 6.07) is 5.00. The molecule has 1 aliphatic heterocycles. The highest BCUT2D eigenvalue weighted by Crippen LogP contribution is 2.18. The summed E-state index contributed by atoms with van der Waals surface area (Å²) in [6.07, 6.45) is 4.85. The van der Waals surface area contributed by atoms with Crippen LogP contribution in [0.4, 0.5) is 4.39 Å². The van der Waals surface area contributed by atoms with Crippen LogP contribution in [0.2, 0.25) is 5.02 Å². The standard InChI is InChI=1S/C14H19ClFNO/c15-14-9-12(16)5-4-11(14)10-18-8-6-13-3-1-2-7-17-13/h4-5,9,13,17H,1-3,6-8,10H2. The molecular weight excluding hydrogens is 253 g/mol. The maximum absolute atomic E-state index is 12.8. The third kappa shape index (κ3) is 4.23. The van der Waals surface area contributed by atoms with E-state index in [0.717, 1.165) is 18.5 Å². The van der Waals surface area contributed by atoms with Gasteiger partial charge in [0.1, 0.15) is 5.82 Å². The summed E-state index contributed by atoms with van der Waals surface area (Å²) in [5.74, 6) is -0.310. The molecule has 0 aromatic heterocycles. The van der Waals surface area contributed by atoms with Crippen LogP contribution in [0.5, 0.6) is 0 Å². The van der Waals surface area contributed by atoms with Crippen molar-refractivity contribution < 1.29 is 9.13 Å². The monoisotopic (exact) mass is 271 g/mol. The van der Waals surface area contributed by atoms with Gasteiger partial charge in [0.15, 0.2) is 0 Å². The van der Waals surface area contributed by atoms with Crippen LogP contribution in [0.15, 0.2) is 18.2 Å². The first-order valence-corrected chi connectivity index (χ1v) is 6.88. The van der Waals surface area contributed by atoms with Gasteiger partial charge < -0.3 is 10.1 Å². The van der Waals surface area contributed by atoms with Crippen LogP contribution in [0.3, 0.4) is 0 Å². The molecule has 1 unspecified atom stereocenters. The van der Waals surface area contributed by atoms with Gasteiger partial charge in [-0.15, -0.1) is 0 Å². The van der Waals surface area contributed by atoms with Crippen molar-refractivity contribution in [2.24, 2.45) is 0 Å². The summed E-state index contributed by atoms with van der Waals surface area (Å²) in [6.45, 7) is 2.28. The zero-order valence-electron chi connectivity index (χ0n) is 10.4. The summed E-state index contributed by atoms with van der Waals surface area (Å²) in [5.41, 5.74) is 0.842. The topological polar surface area (TPSA) is 21.3 Å². The van der Waals surface area contributed by atoms with Gasteiger partial charge in [-0.3, -0.25) is 0 Å². The molecule has 1 aliphatic rings. The molecular formula is C14H19ClFNO. The van der Waals surface area contributed by atoms with Gasteiger partial charge >= 0.3 is 0 Å². The Morgan fingerprint density at radius 2 is 2.28 bits per heavy atom. The zero-order valence-corrected chi connectivity index (χ0v) is 11.2. The lowest BCUT2D eigenvalue weighted by atomic mass is 10.0. The molecule has 100 valence electrons. The second kappa shape index (κ2) is 7.07. The first-order chi connectivity index (χ1) is 8.75. The fraction of sp³-hybridized carbons (Fsp3) is 0.571. The van der Waals surface area contributed by atoms with E-state index >= 15 is 0 Å². The van der Waals surface area contributed by atoms with Gasteiger partial charge in [0.2, 0.25) is 0 Å². The van der Waals surface area contributed by atoms with Crippen molar-refractivity contribution in [1.82, 2.24) is 5.32 Å². The first-order valence-electron chi connectivity index (χ1n) is 6.51. The Morgan fingerprint density at radius 1 is 1.39 bits per heavy atom. The lowest BCUT2D eigenvalue weighted by Crippen LogP contribution is -2.34. The number of ether oxygens (including phenoxy) is 1. The lowest BCUT2D eigenvalue weighted by Gasteiger charge is -2.23. The average molecular weight is 272 g/mol. The van der Waals surface area contributed by atoms with Gasteiger partial charge in [0, 0.05) is 17.7 Å². The Kier molecular flexibility index (Phi) is 5.42. The van der Waals surface area contributed by atoms with E-state index in [1.54, 1.807) is 6.07 Å². The predicted octanol–water partition coefficient (Wildman–Crippen LogP) is 3.53. The molecule has 1 saturated heterocycles. The third-order valence-electron chi connectivity index (χ3n) is 3.30. The van der Waals surface area contributed by atoms with Gasteiger partial charge in [-0.1, -0.05) is 24.1 Å². The van der Waals surface area contributed by atoms with Gasteiger partial charge in [-0.05, 0) is 43.5 Å². The van der Waals surface area contributed by atoms with Crippen LogP contribution in [-0.4, -0.2) is 19.2 Å². The van der Waals surface area contributed by atoms with Gasteiger partial charge in [-0.25, -0.2) is 4.39 Å². The number of rotatable bonds is 5. The van der Waals surface area contributed by atoms with Crippen LogP contribution >= 0.6 is 11.6 Å². The van der Waals surface area contributed by atoms with Crippen molar-refractivity contribution in [3.63, 3.8) is 0 Å². The summed E-state index contributed by atoms with van der Waals surface area (Å²) in [5, 5.41) is 3.92. The summed E-state index contributed by atoms with van der Waals surface area (Å²) in [4.78, 5) is 0. The summed E-state index contributed by atoms with van der Waals surface area (Å²) < 4.78 is 18.4. The minimum absolute atomic E-state index is 0.310. The molecule has 0 aliphatic carbocycles. The quantitative estimate of drug-likeness (QED) is 0.828. The Bertz CT molecular complexity index is 380. The van der Waals surface area contributed by atoms with Gasteiger partial charge in [0.25, 0.3) is 0 Å². The molecule has 0 radical (unpaired) electrons. The SMILES string of the molecule is Fc1ccc(COCCC2CCCCN2)c(Cl)c1. The molecule has 1 heterocycles. The van der Waals surface area contributed by atoms with Gasteiger partial charge in [-0.2, -0.15) is 0 Å². The minimum atomic E-state index is -0.310. The number of benzene rings is 1. The number of nitrogens with one attached hydrogen (secondary N) is 1. The second-order valence-electron chi connectivity index (χ2n) is 4.72. The maximum atomic E-state index is 12.8. The van der Waals surface area contributed by atoms with E-state index in [-0.39, 0.29) is 5.82 Å². The van der Waals surface area contributed by atoms with Crippen molar-refractivity contribution in [2.45, 2.75) is 38.3 Å². The second-order valence-corrected chi connectivity index (χ2v) is 5.13. The van der Waals surface area contributed by atoms with E-state index in [0.29, 0.717) is 24.3 Å². The Hall–Kier alpha value is -0.640. The molecule has 1 N–H and O–H groups in total. The molecule has 2 nitrogen and oxygen atoms in total. The van der Waals surface area contributed by atoms with E-state index in [4.69, 9.17) is 16.3 Å². The van der Waals surface area contributed by atoms with Crippen molar-refractivity contribution in [2.75, 3.05) is 13.2 Å². The number of halogens is 2. The third-order valence-corrected chi connectivity index (χ3v) is 3.65. The summed E-state index contributed by atoms with van der Waals surface area (Å²) >= 11 is 5.92.